The lowest BCUT2D eigenvalue weighted by atomic mass is 9.80. The summed E-state index contributed by atoms with van der Waals surface area (Å²) in [7, 11) is 0. The maximum absolute atomic E-state index is 13.6. The van der Waals surface area contributed by atoms with Gasteiger partial charge >= 0.3 is 12.1 Å². The number of aliphatic hydroxyl groups is 1. The van der Waals surface area contributed by atoms with E-state index in [-0.39, 0.29) is 0 Å². The van der Waals surface area contributed by atoms with Gasteiger partial charge in [0.15, 0.2) is 6.04 Å². The quantitative estimate of drug-likeness (QED) is 0.730. The van der Waals surface area contributed by atoms with Crippen molar-refractivity contribution in [2.75, 3.05) is 0 Å². The lowest BCUT2D eigenvalue weighted by Gasteiger charge is -2.39. The first-order valence-electron chi connectivity index (χ1n) is 5.22. The zero-order chi connectivity index (χ0) is 15.8. The SMILES string of the molecule is [NH3+][C@H](C(=O)[O-])[C@@](O)(c1ccccc1)C(F)(F)C(F)(F)F. The van der Waals surface area contributed by atoms with Gasteiger partial charge in [-0.2, -0.15) is 22.0 Å². The summed E-state index contributed by atoms with van der Waals surface area (Å²) >= 11 is 0. The van der Waals surface area contributed by atoms with Crippen molar-refractivity contribution in [3.05, 3.63) is 35.9 Å². The molecule has 0 heterocycles. The molecule has 2 atom stereocenters. The summed E-state index contributed by atoms with van der Waals surface area (Å²) in [5, 5.41) is 20.5. The number of rotatable bonds is 4. The van der Waals surface area contributed by atoms with Gasteiger partial charge in [0.1, 0.15) is 5.97 Å². The zero-order valence-electron chi connectivity index (χ0n) is 9.82. The van der Waals surface area contributed by atoms with Crippen molar-refractivity contribution in [2.24, 2.45) is 0 Å². The summed E-state index contributed by atoms with van der Waals surface area (Å²) < 4.78 is 64.6. The van der Waals surface area contributed by atoms with Gasteiger partial charge in [0.05, 0.1) is 0 Å². The first-order chi connectivity index (χ1) is 8.96. The number of hydrogen-bond donors (Lipinski definition) is 2. The van der Waals surface area contributed by atoms with E-state index in [1.165, 1.54) is 6.07 Å². The van der Waals surface area contributed by atoms with Crippen LogP contribution in [0.25, 0.3) is 0 Å². The summed E-state index contributed by atoms with van der Waals surface area (Å²) in [4.78, 5) is 10.7. The molecule has 0 aromatic heterocycles. The van der Waals surface area contributed by atoms with E-state index in [1.807, 2.05) is 0 Å². The molecular formula is C11H10F5NO3. The number of halogens is 5. The van der Waals surface area contributed by atoms with Crippen molar-refractivity contribution in [3.63, 3.8) is 0 Å². The van der Waals surface area contributed by atoms with Crippen molar-refractivity contribution in [3.8, 4) is 0 Å². The first-order valence-corrected chi connectivity index (χ1v) is 5.22. The van der Waals surface area contributed by atoms with Crippen molar-refractivity contribution >= 4 is 5.97 Å². The Labute approximate surface area is 109 Å². The molecule has 0 saturated heterocycles. The third kappa shape index (κ3) is 2.34. The summed E-state index contributed by atoms with van der Waals surface area (Å²) in [6.45, 7) is 0. The average Bonchev–Trinajstić information content (AvgIpc) is 2.36. The van der Waals surface area contributed by atoms with Gasteiger partial charge in [-0.3, -0.25) is 0 Å². The van der Waals surface area contributed by atoms with Crippen LogP contribution in [0.2, 0.25) is 0 Å². The van der Waals surface area contributed by atoms with Crippen molar-refractivity contribution in [2.45, 2.75) is 23.7 Å². The minimum absolute atomic E-state index is 0.751. The minimum Gasteiger partial charge on any atom is -0.544 e. The fourth-order valence-corrected chi connectivity index (χ4v) is 1.68. The number of carboxylic acid groups (broad SMARTS) is 1. The second-order valence-electron chi connectivity index (χ2n) is 4.08. The molecule has 0 radical (unpaired) electrons. The topological polar surface area (TPSA) is 88.0 Å². The molecule has 0 unspecified atom stereocenters. The molecule has 1 aromatic rings. The highest BCUT2D eigenvalue weighted by Crippen LogP contribution is 2.49. The molecule has 0 amide bonds. The molecule has 0 spiro atoms. The monoisotopic (exact) mass is 299 g/mol. The predicted molar refractivity (Wildman–Crippen MR) is 53.0 cm³/mol. The van der Waals surface area contributed by atoms with Crippen LogP contribution in [0.1, 0.15) is 5.56 Å². The Morgan fingerprint density at radius 3 is 1.95 bits per heavy atom. The molecule has 4 nitrogen and oxygen atoms in total. The van der Waals surface area contributed by atoms with Gasteiger partial charge in [0.2, 0.25) is 5.60 Å². The molecule has 0 fully saturated rings. The number of carbonyl (C=O) groups excluding carboxylic acids is 1. The maximum Gasteiger partial charge on any atom is 0.457 e. The van der Waals surface area contributed by atoms with Crippen LogP contribution in [0, 0.1) is 0 Å². The predicted octanol–water partition coefficient (Wildman–Crippen LogP) is -0.568. The second kappa shape index (κ2) is 4.98. The number of alkyl halides is 5. The highest BCUT2D eigenvalue weighted by Gasteiger charge is 2.74. The lowest BCUT2D eigenvalue weighted by Crippen LogP contribution is -2.81. The second-order valence-corrected chi connectivity index (χ2v) is 4.08. The molecule has 1 aromatic carbocycles. The molecule has 0 bridgehead atoms. The lowest BCUT2D eigenvalue weighted by molar-refractivity contribution is -0.496. The van der Waals surface area contributed by atoms with Crippen LogP contribution < -0.4 is 10.8 Å². The van der Waals surface area contributed by atoms with Gasteiger partial charge in [-0.25, -0.2) is 0 Å². The highest BCUT2D eigenvalue weighted by molar-refractivity contribution is 5.72. The van der Waals surface area contributed by atoms with Crippen LogP contribution in [0.4, 0.5) is 22.0 Å². The van der Waals surface area contributed by atoms with Gasteiger partial charge in [0.25, 0.3) is 0 Å². The molecule has 0 aliphatic heterocycles. The number of quaternary nitrogens is 1. The van der Waals surface area contributed by atoms with Crippen LogP contribution >= 0.6 is 0 Å². The van der Waals surface area contributed by atoms with Crippen LogP contribution in [-0.4, -0.2) is 29.2 Å². The van der Waals surface area contributed by atoms with Crippen LogP contribution in [0.5, 0.6) is 0 Å². The third-order valence-electron chi connectivity index (χ3n) is 2.84. The maximum atomic E-state index is 13.6. The normalized spacial score (nSPS) is 17.4. The smallest absolute Gasteiger partial charge is 0.457 e. The van der Waals surface area contributed by atoms with E-state index in [2.05, 4.69) is 5.73 Å². The van der Waals surface area contributed by atoms with Crippen LogP contribution in [-0.2, 0) is 10.4 Å². The Balaban J connectivity index is 3.56. The number of carbonyl (C=O) groups is 1. The van der Waals surface area contributed by atoms with Gasteiger partial charge in [-0.05, 0) is 5.56 Å². The molecule has 20 heavy (non-hydrogen) atoms. The fourth-order valence-electron chi connectivity index (χ4n) is 1.68. The summed E-state index contributed by atoms with van der Waals surface area (Å²) in [6.07, 6.45) is -6.16. The van der Waals surface area contributed by atoms with Gasteiger partial charge in [-0.15, -0.1) is 0 Å². The van der Waals surface area contributed by atoms with E-state index in [0.29, 0.717) is 0 Å². The van der Waals surface area contributed by atoms with E-state index >= 15 is 0 Å². The molecule has 112 valence electrons. The van der Waals surface area contributed by atoms with E-state index in [1.54, 1.807) is 0 Å². The Hall–Kier alpha value is -1.74. The molecule has 0 saturated carbocycles. The van der Waals surface area contributed by atoms with Gasteiger partial charge < -0.3 is 20.7 Å². The number of carboxylic acids is 1. The average molecular weight is 299 g/mol. The standard InChI is InChI=1S/C11H10F5NO3/c12-10(13,11(14,15)16)9(20,7(17)8(18)19)6-4-2-1-3-5-6/h1-5,7,20H,17H2,(H,18,19)/t7-,9+/m1/s1. The Morgan fingerprint density at radius 1 is 1.15 bits per heavy atom. The molecule has 4 N–H and O–H groups in total. The molecule has 9 heteroatoms. The summed E-state index contributed by atoms with van der Waals surface area (Å²) in [6, 6.07) is 2.22. The Bertz CT molecular complexity index is 491. The summed E-state index contributed by atoms with van der Waals surface area (Å²) in [5.74, 6) is -8.06. The third-order valence-corrected chi connectivity index (χ3v) is 2.84. The van der Waals surface area contributed by atoms with Gasteiger partial charge in [-0.1, -0.05) is 30.3 Å². The number of benzene rings is 1. The van der Waals surface area contributed by atoms with Crippen molar-refractivity contribution < 1.29 is 42.7 Å². The molecule has 0 aliphatic carbocycles. The summed E-state index contributed by atoms with van der Waals surface area (Å²) in [5.41, 5.74) is -2.33. The van der Waals surface area contributed by atoms with E-state index in [0.717, 1.165) is 24.3 Å². The number of aliphatic carboxylic acids is 1. The van der Waals surface area contributed by atoms with E-state index in [9.17, 15) is 37.0 Å². The molecule has 0 aliphatic rings. The first kappa shape index (κ1) is 16.3. The highest BCUT2D eigenvalue weighted by atomic mass is 19.4. The molecule has 1 rings (SSSR count). The van der Waals surface area contributed by atoms with Crippen LogP contribution in [0.3, 0.4) is 0 Å². The van der Waals surface area contributed by atoms with Crippen molar-refractivity contribution in [1.29, 1.82) is 0 Å². The Morgan fingerprint density at radius 2 is 1.60 bits per heavy atom. The largest absolute Gasteiger partial charge is 0.544 e. The van der Waals surface area contributed by atoms with E-state index in [4.69, 9.17) is 0 Å². The number of hydrogen-bond acceptors (Lipinski definition) is 3. The fraction of sp³-hybridized carbons (Fsp3) is 0.364. The molecular weight excluding hydrogens is 289 g/mol. The minimum atomic E-state index is -6.16. The zero-order valence-corrected chi connectivity index (χ0v) is 9.82. The van der Waals surface area contributed by atoms with Crippen LogP contribution in [0.15, 0.2) is 30.3 Å². The van der Waals surface area contributed by atoms with E-state index < -0.39 is 35.3 Å². The van der Waals surface area contributed by atoms with Crippen molar-refractivity contribution in [1.82, 2.24) is 0 Å². The van der Waals surface area contributed by atoms with Gasteiger partial charge in [0, 0.05) is 0 Å². The Kier molecular flexibility index (Phi) is 4.07.